The average Bonchev–Trinajstić information content (AvgIpc) is 2.38. The third-order valence-corrected chi connectivity index (χ3v) is 3.73. The third-order valence-electron chi connectivity index (χ3n) is 2.57. The van der Waals surface area contributed by atoms with Gasteiger partial charge in [-0.3, -0.25) is 0 Å². The van der Waals surface area contributed by atoms with E-state index in [-0.39, 0.29) is 11.4 Å². The molecule has 0 amide bonds. The van der Waals surface area contributed by atoms with Crippen LogP contribution in [0.4, 0.5) is 10.1 Å². The zero-order valence-corrected chi connectivity index (χ0v) is 10.8. The van der Waals surface area contributed by atoms with Gasteiger partial charge < -0.3 is 10.8 Å². The zero-order chi connectivity index (χ0) is 13.8. The molecule has 0 fully saturated rings. The summed E-state index contributed by atoms with van der Waals surface area (Å²) in [5.41, 5.74) is 7.36. The lowest BCUT2D eigenvalue weighted by Gasteiger charge is -2.06. The van der Waals surface area contributed by atoms with Crippen LogP contribution in [0, 0.1) is 5.82 Å². The molecule has 3 nitrogen and oxygen atoms in total. The number of aromatic carboxylic acids is 1. The van der Waals surface area contributed by atoms with Crippen molar-refractivity contribution < 1.29 is 14.3 Å². The van der Waals surface area contributed by atoms with Gasteiger partial charge in [-0.25, -0.2) is 9.18 Å². The van der Waals surface area contributed by atoms with Crippen LogP contribution >= 0.6 is 11.8 Å². The Bertz CT molecular complexity index is 599. The molecule has 0 saturated carbocycles. The second-order valence-corrected chi connectivity index (χ2v) is 4.99. The van der Waals surface area contributed by atoms with Crippen molar-refractivity contribution in [2.75, 3.05) is 5.73 Å². The third kappa shape index (κ3) is 3.48. The predicted octanol–water partition coefficient (Wildman–Crippen LogP) is 3.40. The molecule has 0 aromatic heterocycles. The monoisotopic (exact) mass is 277 g/mol. The van der Waals surface area contributed by atoms with Gasteiger partial charge in [0.25, 0.3) is 0 Å². The van der Waals surface area contributed by atoms with Gasteiger partial charge in [0.15, 0.2) is 0 Å². The van der Waals surface area contributed by atoms with Crippen LogP contribution in [-0.4, -0.2) is 11.1 Å². The van der Waals surface area contributed by atoms with Crippen LogP contribution in [0.2, 0.25) is 0 Å². The number of carbonyl (C=O) groups is 1. The average molecular weight is 277 g/mol. The Labute approximate surface area is 114 Å². The Morgan fingerprint density at radius 1 is 1.21 bits per heavy atom. The molecule has 0 atom stereocenters. The lowest BCUT2D eigenvalue weighted by Crippen LogP contribution is -1.95. The SMILES string of the molecule is Nc1cc(F)ccc1SCc1ccc(C(=O)O)cc1. The Kier molecular flexibility index (Phi) is 4.06. The molecule has 2 aromatic carbocycles. The number of nitrogen functional groups attached to an aromatic ring is 1. The maximum Gasteiger partial charge on any atom is 0.335 e. The Morgan fingerprint density at radius 3 is 2.47 bits per heavy atom. The number of benzene rings is 2. The van der Waals surface area contributed by atoms with E-state index in [0.29, 0.717) is 11.4 Å². The molecule has 98 valence electrons. The molecule has 2 rings (SSSR count). The minimum Gasteiger partial charge on any atom is -0.478 e. The predicted molar refractivity (Wildman–Crippen MR) is 73.8 cm³/mol. The van der Waals surface area contributed by atoms with E-state index < -0.39 is 5.97 Å². The first-order chi connectivity index (χ1) is 9.06. The Hall–Kier alpha value is -2.01. The van der Waals surface area contributed by atoms with Crippen molar-refractivity contribution in [1.29, 1.82) is 0 Å². The number of carboxylic acids is 1. The molecule has 0 unspecified atom stereocenters. The molecular formula is C14H12FNO2S. The van der Waals surface area contributed by atoms with Gasteiger partial charge in [0, 0.05) is 16.3 Å². The van der Waals surface area contributed by atoms with E-state index in [0.717, 1.165) is 10.5 Å². The molecule has 0 saturated heterocycles. The van der Waals surface area contributed by atoms with E-state index in [1.165, 1.54) is 23.9 Å². The summed E-state index contributed by atoms with van der Waals surface area (Å²) >= 11 is 1.48. The fourth-order valence-electron chi connectivity index (χ4n) is 1.56. The summed E-state index contributed by atoms with van der Waals surface area (Å²) in [5.74, 6) is -0.648. The summed E-state index contributed by atoms with van der Waals surface area (Å²) in [6.45, 7) is 0. The van der Waals surface area contributed by atoms with Crippen LogP contribution in [0.3, 0.4) is 0 Å². The van der Waals surface area contributed by atoms with Crippen LogP contribution in [0.15, 0.2) is 47.4 Å². The van der Waals surface area contributed by atoms with Gasteiger partial charge in [-0.2, -0.15) is 0 Å². The summed E-state index contributed by atoms with van der Waals surface area (Å²) in [6, 6.07) is 10.9. The van der Waals surface area contributed by atoms with E-state index >= 15 is 0 Å². The maximum absolute atomic E-state index is 12.9. The number of thioether (sulfide) groups is 1. The van der Waals surface area contributed by atoms with Crippen molar-refractivity contribution in [2.45, 2.75) is 10.6 Å². The van der Waals surface area contributed by atoms with Gasteiger partial charge in [0.2, 0.25) is 0 Å². The van der Waals surface area contributed by atoms with Crippen LogP contribution in [0.5, 0.6) is 0 Å². The van der Waals surface area contributed by atoms with Crippen molar-refractivity contribution in [1.82, 2.24) is 0 Å². The molecule has 3 N–H and O–H groups in total. The molecule has 0 bridgehead atoms. The normalized spacial score (nSPS) is 10.4. The van der Waals surface area contributed by atoms with E-state index in [9.17, 15) is 9.18 Å². The minimum absolute atomic E-state index is 0.259. The number of rotatable bonds is 4. The van der Waals surface area contributed by atoms with Crippen LogP contribution in [-0.2, 0) is 5.75 Å². The first kappa shape index (κ1) is 13.4. The number of carboxylic acid groups (broad SMARTS) is 1. The number of hydrogen-bond donors (Lipinski definition) is 2. The number of halogens is 1. The summed E-state index contributed by atoms with van der Waals surface area (Å²) in [4.78, 5) is 11.5. The van der Waals surface area contributed by atoms with Crippen molar-refractivity contribution in [3.05, 3.63) is 59.4 Å². The topological polar surface area (TPSA) is 63.3 Å². The molecule has 5 heteroatoms. The van der Waals surface area contributed by atoms with Crippen molar-refractivity contribution in [3.63, 3.8) is 0 Å². The van der Waals surface area contributed by atoms with E-state index in [4.69, 9.17) is 10.8 Å². The van der Waals surface area contributed by atoms with Crippen LogP contribution in [0.25, 0.3) is 0 Å². The quantitative estimate of drug-likeness (QED) is 0.664. The fraction of sp³-hybridized carbons (Fsp3) is 0.0714. The summed E-state index contributed by atoms with van der Waals surface area (Å²) in [5, 5.41) is 8.79. The number of nitrogens with two attached hydrogens (primary N) is 1. The van der Waals surface area contributed by atoms with Crippen molar-refractivity contribution in [2.24, 2.45) is 0 Å². The first-order valence-corrected chi connectivity index (χ1v) is 6.55. The maximum atomic E-state index is 12.9. The van der Waals surface area contributed by atoms with Gasteiger partial charge in [0.1, 0.15) is 5.82 Å². The number of hydrogen-bond acceptors (Lipinski definition) is 3. The summed E-state index contributed by atoms with van der Waals surface area (Å²) in [6.07, 6.45) is 0. The van der Waals surface area contributed by atoms with Gasteiger partial charge in [-0.05, 0) is 35.9 Å². The Balaban J connectivity index is 2.04. The second-order valence-electron chi connectivity index (χ2n) is 3.97. The molecule has 0 aliphatic rings. The fourth-order valence-corrected chi connectivity index (χ4v) is 2.46. The molecule has 0 radical (unpaired) electrons. The van der Waals surface area contributed by atoms with Gasteiger partial charge in [-0.15, -0.1) is 11.8 Å². The molecule has 0 spiro atoms. The minimum atomic E-state index is -0.943. The zero-order valence-electron chi connectivity index (χ0n) is 9.97. The van der Waals surface area contributed by atoms with Gasteiger partial charge in [-0.1, -0.05) is 12.1 Å². The van der Waals surface area contributed by atoms with E-state index in [1.54, 1.807) is 30.3 Å². The van der Waals surface area contributed by atoms with Crippen LogP contribution in [0.1, 0.15) is 15.9 Å². The highest BCUT2D eigenvalue weighted by atomic mass is 32.2. The highest BCUT2D eigenvalue weighted by Gasteiger charge is 2.04. The van der Waals surface area contributed by atoms with E-state index in [2.05, 4.69) is 0 Å². The standard InChI is InChI=1S/C14H12FNO2S/c15-11-5-6-13(12(16)7-11)19-8-9-1-3-10(4-2-9)14(17)18/h1-7H,8,16H2,(H,17,18). The lowest BCUT2D eigenvalue weighted by atomic mass is 10.1. The molecule has 0 aliphatic heterocycles. The summed E-state index contributed by atoms with van der Waals surface area (Å²) < 4.78 is 12.9. The highest BCUT2D eigenvalue weighted by Crippen LogP contribution is 2.28. The first-order valence-electron chi connectivity index (χ1n) is 5.56. The second kappa shape index (κ2) is 5.75. The van der Waals surface area contributed by atoms with Gasteiger partial charge >= 0.3 is 5.97 Å². The van der Waals surface area contributed by atoms with Crippen LogP contribution < -0.4 is 5.73 Å². The van der Waals surface area contributed by atoms with Crippen molar-refractivity contribution >= 4 is 23.4 Å². The van der Waals surface area contributed by atoms with Crippen molar-refractivity contribution in [3.8, 4) is 0 Å². The van der Waals surface area contributed by atoms with Gasteiger partial charge in [0.05, 0.1) is 5.56 Å². The summed E-state index contributed by atoms with van der Waals surface area (Å²) in [7, 11) is 0. The largest absolute Gasteiger partial charge is 0.478 e. The molecule has 0 heterocycles. The van der Waals surface area contributed by atoms with E-state index in [1.807, 2.05) is 0 Å². The Morgan fingerprint density at radius 2 is 1.89 bits per heavy atom. The lowest BCUT2D eigenvalue weighted by molar-refractivity contribution is 0.0697. The molecule has 2 aromatic rings. The smallest absolute Gasteiger partial charge is 0.335 e. The number of anilines is 1. The molecule has 0 aliphatic carbocycles. The molecular weight excluding hydrogens is 265 g/mol. The molecule has 19 heavy (non-hydrogen) atoms. The highest BCUT2D eigenvalue weighted by molar-refractivity contribution is 7.98.